The molecule has 2 aromatic carbocycles. The van der Waals surface area contributed by atoms with Crippen molar-refractivity contribution in [2.75, 3.05) is 0 Å². The summed E-state index contributed by atoms with van der Waals surface area (Å²) in [5.41, 5.74) is -0.957. The minimum atomic E-state index is -2.10. The monoisotopic (exact) mass is 546 g/mol. The summed E-state index contributed by atoms with van der Waals surface area (Å²) in [5.74, 6) is -2.35. The first-order valence-corrected chi connectivity index (χ1v) is 13.6. The molecule has 4 rings (SSSR count). The molecule has 0 bridgehead atoms. The van der Waals surface area contributed by atoms with E-state index in [9.17, 15) is 24.0 Å². The van der Waals surface area contributed by atoms with Gasteiger partial charge >= 0.3 is 5.97 Å². The molecule has 40 heavy (non-hydrogen) atoms. The van der Waals surface area contributed by atoms with Gasteiger partial charge in [-0.15, -0.1) is 0 Å². The van der Waals surface area contributed by atoms with Gasteiger partial charge in [-0.3, -0.25) is 29.1 Å². The molecule has 10 nitrogen and oxygen atoms in total. The van der Waals surface area contributed by atoms with Gasteiger partial charge in [0.2, 0.25) is 17.4 Å². The molecule has 3 aromatic rings. The number of aryl methyl sites for hydroxylation is 1. The fourth-order valence-corrected chi connectivity index (χ4v) is 4.95. The molecule has 0 radical (unpaired) electrons. The summed E-state index contributed by atoms with van der Waals surface area (Å²) in [6, 6.07) is 14.0. The molecule has 210 valence electrons. The van der Waals surface area contributed by atoms with Gasteiger partial charge in [0.15, 0.2) is 0 Å². The lowest BCUT2D eigenvalue weighted by atomic mass is 9.87. The smallest absolute Gasteiger partial charge is 0.342 e. The third kappa shape index (κ3) is 6.11. The molecule has 2 heterocycles. The van der Waals surface area contributed by atoms with Gasteiger partial charge in [-0.25, -0.2) is 9.78 Å². The number of rotatable bonds is 11. The summed E-state index contributed by atoms with van der Waals surface area (Å²) >= 11 is 0. The molecule has 1 atom stereocenters. The van der Waals surface area contributed by atoms with Crippen molar-refractivity contribution in [2.24, 2.45) is 0 Å². The van der Waals surface area contributed by atoms with E-state index in [4.69, 9.17) is 4.74 Å². The number of aromatic nitrogens is 2. The highest BCUT2D eigenvalue weighted by Gasteiger charge is 2.54. The molecule has 3 amide bonds. The number of imide groups is 1. The van der Waals surface area contributed by atoms with Crippen LogP contribution in [0.15, 0.2) is 53.3 Å². The molecule has 0 aliphatic carbocycles. The predicted molar refractivity (Wildman–Crippen MR) is 148 cm³/mol. The van der Waals surface area contributed by atoms with E-state index >= 15 is 0 Å². The predicted octanol–water partition coefficient (Wildman–Crippen LogP) is 3.17. The lowest BCUT2D eigenvalue weighted by Crippen LogP contribution is -2.62. The van der Waals surface area contributed by atoms with Gasteiger partial charge in [0, 0.05) is 19.4 Å². The zero-order valence-corrected chi connectivity index (χ0v) is 22.8. The van der Waals surface area contributed by atoms with Crippen LogP contribution in [0.2, 0.25) is 0 Å². The Labute approximate surface area is 232 Å². The number of esters is 1. The number of ether oxygens (including phenoxy) is 1. The van der Waals surface area contributed by atoms with Crippen LogP contribution in [-0.2, 0) is 42.6 Å². The standard InChI is InChI=1S/C30H34N4O6/c1-3-4-5-9-12-25(35)31-18-22-13-14-24-23(17-22)27(37)34(20(2)32-24)30(16-15-26(36)33-28(30)38)29(39)40-19-21-10-7-6-8-11-21/h6-8,10-11,13-14,17H,3-5,9,12,15-16,18-19H2,1-2H3,(H,31,35)(H,33,36,38)/t30-/m0/s1. The second-order valence-corrected chi connectivity index (χ2v) is 10.0. The molecule has 1 aliphatic rings. The van der Waals surface area contributed by atoms with Crippen LogP contribution >= 0.6 is 0 Å². The van der Waals surface area contributed by atoms with E-state index < -0.39 is 28.9 Å². The van der Waals surface area contributed by atoms with Crippen molar-refractivity contribution in [2.45, 2.75) is 77.5 Å². The van der Waals surface area contributed by atoms with E-state index in [1.807, 2.05) is 6.07 Å². The highest BCUT2D eigenvalue weighted by atomic mass is 16.5. The second-order valence-electron chi connectivity index (χ2n) is 10.0. The fraction of sp³-hybridized carbons (Fsp3) is 0.400. The molecule has 2 N–H and O–H groups in total. The largest absolute Gasteiger partial charge is 0.459 e. The summed E-state index contributed by atoms with van der Waals surface area (Å²) in [5, 5.41) is 5.26. The maximum atomic E-state index is 13.9. The van der Waals surface area contributed by atoms with Gasteiger partial charge < -0.3 is 10.1 Å². The van der Waals surface area contributed by atoms with Crippen molar-refractivity contribution in [1.29, 1.82) is 0 Å². The molecular formula is C30H34N4O6. The number of benzene rings is 2. The summed E-state index contributed by atoms with van der Waals surface area (Å²) in [4.78, 5) is 69.6. The average molecular weight is 547 g/mol. The van der Waals surface area contributed by atoms with Crippen LogP contribution in [0.25, 0.3) is 10.9 Å². The minimum absolute atomic E-state index is 0.0701. The zero-order valence-electron chi connectivity index (χ0n) is 22.8. The highest BCUT2D eigenvalue weighted by molar-refractivity contribution is 6.13. The topological polar surface area (TPSA) is 136 Å². The number of fused-ring (bicyclic) bond motifs is 1. The molecule has 1 fully saturated rings. The Morgan fingerprint density at radius 2 is 1.82 bits per heavy atom. The number of piperidine rings is 1. The van der Waals surface area contributed by atoms with Crippen molar-refractivity contribution in [1.82, 2.24) is 20.2 Å². The molecule has 0 spiro atoms. The Hall–Kier alpha value is -4.34. The van der Waals surface area contributed by atoms with Crippen molar-refractivity contribution in [3.05, 3.63) is 75.8 Å². The SMILES string of the molecule is CCCCCCC(=O)NCc1ccc2nc(C)n([C@@]3(C(=O)OCc4ccccc4)CCC(=O)NC3=O)c(=O)c2c1. The normalized spacial score (nSPS) is 16.9. The van der Waals surface area contributed by atoms with Gasteiger partial charge in [0.05, 0.1) is 10.9 Å². The number of amides is 3. The summed E-state index contributed by atoms with van der Waals surface area (Å²) < 4.78 is 6.59. The number of carbonyl (C=O) groups is 4. The Kier molecular flexibility index (Phi) is 9.08. The van der Waals surface area contributed by atoms with Crippen LogP contribution in [0.3, 0.4) is 0 Å². The van der Waals surface area contributed by atoms with Crippen LogP contribution in [0.1, 0.15) is 68.8 Å². The first-order valence-electron chi connectivity index (χ1n) is 13.6. The van der Waals surface area contributed by atoms with Gasteiger partial charge in [-0.05, 0) is 43.0 Å². The Morgan fingerprint density at radius 1 is 1.05 bits per heavy atom. The number of unbranched alkanes of at least 4 members (excludes halogenated alkanes) is 3. The van der Waals surface area contributed by atoms with Crippen LogP contribution in [0.4, 0.5) is 0 Å². The van der Waals surface area contributed by atoms with Crippen molar-refractivity contribution >= 4 is 34.6 Å². The summed E-state index contributed by atoms with van der Waals surface area (Å²) in [6.45, 7) is 3.75. The minimum Gasteiger partial charge on any atom is -0.459 e. The van der Waals surface area contributed by atoms with Crippen LogP contribution in [0.5, 0.6) is 0 Å². The van der Waals surface area contributed by atoms with Crippen molar-refractivity contribution in [3.63, 3.8) is 0 Å². The first-order chi connectivity index (χ1) is 19.3. The van der Waals surface area contributed by atoms with E-state index in [0.29, 0.717) is 23.1 Å². The maximum Gasteiger partial charge on any atom is 0.342 e. The molecule has 10 heteroatoms. The van der Waals surface area contributed by atoms with Gasteiger partial charge in [-0.1, -0.05) is 62.6 Å². The van der Waals surface area contributed by atoms with E-state index in [1.54, 1.807) is 42.5 Å². The zero-order chi connectivity index (χ0) is 28.7. The van der Waals surface area contributed by atoms with Crippen molar-refractivity contribution in [3.8, 4) is 0 Å². The number of nitrogens with zero attached hydrogens (tertiary/aromatic N) is 2. The molecule has 1 aromatic heterocycles. The molecule has 0 unspecified atom stereocenters. The van der Waals surface area contributed by atoms with Gasteiger partial charge in [-0.2, -0.15) is 0 Å². The lowest BCUT2D eigenvalue weighted by Gasteiger charge is -2.35. The van der Waals surface area contributed by atoms with E-state index in [0.717, 1.165) is 30.3 Å². The van der Waals surface area contributed by atoms with E-state index in [1.165, 1.54) is 6.92 Å². The Balaban J connectivity index is 1.66. The molecule has 1 aliphatic heterocycles. The van der Waals surface area contributed by atoms with Crippen LogP contribution in [-0.4, -0.2) is 33.2 Å². The van der Waals surface area contributed by atoms with E-state index in [-0.39, 0.29) is 43.1 Å². The van der Waals surface area contributed by atoms with Crippen LogP contribution in [0, 0.1) is 6.92 Å². The lowest BCUT2D eigenvalue weighted by molar-refractivity contribution is -0.164. The number of nitrogens with one attached hydrogen (secondary N) is 2. The van der Waals surface area contributed by atoms with E-state index in [2.05, 4.69) is 22.5 Å². The third-order valence-corrected chi connectivity index (χ3v) is 7.12. The third-order valence-electron chi connectivity index (χ3n) is 7.12. The number of hydrogen-bond acceptors (Lipinski definition) is 7. The van der Waals surface area contributed by atoms with Gasteiger partial charge in [0.1, 0.15) is 12.4 Å². The Bertz CT molecular complexity index is 1480. The Morgan fingerprint density at radius 3 is 2.55 bits per heavy atom. The number of carbonyl (C=O) groups excluding carboxylic acids is 4. The molecule has 1 saturated heterocycles. The maximum absolute atomic E-state index is 13.9. The average Bonchev–Trinajstić information content (AvgIpc) is 2.95. The van der Waals surface area contributed by atoms with Crippen LogP contribution < -0.4 is 16.2 Å². The molecule has 0 saturated carbocycles. The van der Waals surface area contributed by atoms with Gasteiger partial charge in [0.25, 0.3) is 11.5 Å². The number of hydrogen-bond donors (Lipinski definition) is 2. The summed E-state index contributed by atoms with van der Waals surface area (Å²) in [7, 11) is 0. The quantitative estimate of drug-likeness (QED) is 0.163. The summed E-state index contributed by atoms with van der Waals surface area (Å²) in [6.07, 6.45) is 4.03. The second kappa shape index (κ2) is 12.7. The fourth-order valence-electron chi connectivity index (χ4n) is 4.95. The van der Waals surface area contributed by atoms with Crippen molar-refractivity contribution < 1.29 is 23.9 Å². The molecular weight excluding hydrogens is 512 g/mol. The highest BCUT2D eigenvalue weighted by Crippen LogP contribution is 2.30. The first kappa shape index (κ1) is 28.7.